The van der Waals surface area contributed by atoms with Crippen LogP contribution in [-0.4, -0.2) is 17.3 Å². The minimum Gasteiger partial charge on any atom is -0.387 e. The van der Waals surface area contributed by atoms with Crippen molar-refractivity contribution in [1.82, 2.24) is 0 Å². The maximum Gasteiger partial charge on any atom is 0.103 e. The third kappa shape index (κ3) is 2.66. The Hall–Kier alpha value is -1.37. The highest BCUT2D eigenvalue weighted by molar-refractivity contribution is 5.20. The Kier molecular flexibility index (Phi) is 3.78. The molecule has 0 spiro atoms. The molecule has 0 unspecified atom stereocenters. The lowest BCUT2D eigenvalue weighted by Gasteiger charge is -2.22. The molecule has 1 heterocycles. The second-order valence-electron chi connectivity index (χ2n) is 4.57. The molecule has 0 saturated carbocycles. The number of aliphatic hydroxyl groups excluding tert-OH is 1. The van der Waals surface area contributed by atoms with Gasteiger partial charge >= 0.3 is 0 Å². The highest BCUT2D eigenvalue weighted by Gasteiger charge is 2.34. The van der Waals surface area contributed by atoms with E-state index in [9.17, 15) is 10.4 Å². The van der Waals surface area contributed by atoms with E-state index in [-0.39, 0.29) is 12.2 Å². The van der Waals surface area contributed by atoms with Crippen LogP contribution in [-0.2, 0) is 4.74 Å². The van der Waals surface area contributed by atoms with Crippen LogP contribution < -0.4 is 0 Å². The zero-order chi connectivity index (χ0) is 12.3. The van der Waals surface area contributed by atoms with Gasteiger partial charge in [0, 0.05) is 0 Å². The first-order valence-electron chi connectivity index (χ1n) is 6.00. The third-order valence-electron chi connectivity index (χ3n) is 3.30. The summed E-state index contributed by atoms with van der Waals surface area (Å²) in [6.07, 6.45) is 1.09. The molecule has 1 fully saturated rings. The average Bonchev–Trinajstić information content (AvgIpc) is 2.78. The zero-order valence-electron chi connectivity index (χ0n) is 9.91. The molecule has 0 aromatic heterocycles. The number of aliphatic hydroxyl groups is 1. The molecule has 1 aromatic rings. The van der Waals surface area contributed by atoms with Crippen molar-refractivity contribution in [3.63, 3.8) is 0 Å². The van der Waals surface area contributed by atoms with E-state index in [1.54, 1.807) is 0 Å². The molecule has 0 amide bonds. The van der Waals surface area contributed by atoms with Crippen LogP contribution in [0.1, 0.15) is 31.4 Å². The van der Waals surface area contributed by atoms with E-state index in [0.29, 0.717) is 0 Å². The molecule has 4 atom stereocenters. The number of hydrogen-bond acceptors (Lipinski definition) is 3. The van der Waals surface area contributed by atoms with Gasteiger partial charge in [-0.1, -0.05) is 30.3 Å². The molecule has 1 N–H and O–H groups in total. The topological polar surface area (TPSA) is 53.2 Å². The van der Waals surface area contributed by atoms with Gasteiger partial charge in [0.2, 0.25) is 0 Å². The summed E-state index contributed by atoms with van der Waals surface area (Å²) in [6, 6.07) is 11.5. The van der Waals surface area contributed by atoms with Gasteiger partial charge in [-0.15, -0.1) is 0 Å². The first-order valence-corrected chi connectivity index (χ1v) is 6.00. The van der Waals surface area contributed by atoms with Crippen LogP contribution in [0.2, 0.25) is 0 Å². The van der Waals surface area contributed by atoms with E-state index >= 15 is 0 Å². The first-order chi connectivity index (χ1) is 8.22. The predicted octanol–water partition coefficient (Wildman–Crippen LogP) is 2.43. The van der Waals surface area contributed by atoms with Crippen molar-refractivity contribution in [3.05, 3.63) is 35.9 Å². The summed E-state index contributed by atoms with van der Waals surface area (Å²) in [4.78, 5) is 0. The quantitative estimate of drug-likeness (QED) is 0.869. The van der Waals surface area contributed by atoms with E-state index < -0.39 is 12.0 Å². The van der Waals surface area contributed by atoms with Gasteiger partial charge in [-0.25, -0.2) is 0 Å². The summed E-state index contributed by atoms with van der Waals surface area (Å²) in [7, 11) is 0. The first kappa shape index (κ1) is 12.1. The molecule has 1 saturated heterocycles. The number of rotatable bonds is 3. The third-order valence-corrected chi connectivity index (χ3v) is 3.30. The van der Waals surface area contributed by atoms with Crippen LogP contribution in [0.5, 0.6) is 0 Å². The smallest absolute Gasteiger partial charge is 0.103 e. The van der Waals surface area contributed by atoms with E-state index in [2.05, 4.69) is 6.07 Å². The molecule has 1 aromatic carbocycles. The van der Waals surface area contributed by atoms with E-state index in [1.807, 2.05) is 37.3 Å². The Labute approximate surface area is 102 Å². The Morgan fingerprint density at radius 1 is 1.35 bits per heavy atom. The van der Waals surface area contributed by atoms with E-state index in [1.165, 1.54) is 0 Å². The van der Waals surface area contributed by atoms with Crippen LogP contribution >= 0.6 is 0 Å². The Balaban J connectivity index is 2.11. The maximum atomic E-state index is 10.2. The summed E-state index contributed by atoms with van der Waals surface area (Å²) in [6.45, 7) is 2.00. The van der Waals surface area contributed by atoms with Crippen molar-refractivity contribution < 1.29 is 9.84 Å². The SMILES string of the molecule is C[C@@H]1CC[C@@H]([C@@H](C#N)[C@H](O)c2ccccc2)O1. The van der Waals surface area contributed by atoms with Crippen molar-refractivity contribution in [2.45, 2.75) is 38.1 Å². The van der Waals surface area contributed by atoms with Crippen LogP contribution in [0.3, 0.4) is 0 Å². The summed E-state index contributed by atoms with van der Waals surface area (Å²) < 4.78 is 5.67. The molecular weight excluding hydrogens is 214 g/mol. The molecule has 0 bridgehead atoms. The lowest BCUT2D eigenvalue weighted by molar-refractivity contribution is -0.00911. The van der Waals surface area contributed by atoms with E-state index in [0.717, 1.165) is 18.4 Å². The fraction of sp³-hybridized carbons (Fsp3) is 0.500. The highest BCUT2D eigenvalue weighted by Crippen LogP contribution is 2.32. The van der Waals surface area contributed by atoms with Gasteiger partial charge in [-0.3, -0.25) is 0 Å². The molecule has 0 aliphatic carbocycles. The minimum atomic E-state index is -0.767. The van der Waals surface area contributed by atoms with Crippen LogP contribution in [0.4, 0.5) is 0 Å². The number of benzene rings is 1. The summed E-state index contributed by atoms with van der Waals surface area (Å²) in [5.41, 5.74) is 0.780. The second-order valence-corrected chi connectivity index (χ2v) is 4.57. The highest BCUT2D eigenvalue weighted by atomic mass is 16.5. The summed E-state index contributed by atoms with van der Waals surface area (Å²) in [5.74, 6) is -0.484. The fourth-order valence-corrected chi connectivity index (χ4v) is 2.31. The molecule has 90 valence electrons. The minimum absolute atomic E-state index is 0.148. The van der Waals surface area contributed by atoms with Gasteiger partial charge < -0.3 is 9.84 Å². The van der Waals surface area contributed by atoms with Crippen molar-refractivity contribution >= 4 is 0 Å². The van der Waals surface area contributed by atoms with Gasteiger partial charge in [0.05, 0.1) is 24.4 Å². The molecule has 1 aliphatic heterocycles. The monoisotopic (exact) mass is 231 g/mol. The van der Waals surface area contributed by atoms with Crippen LogP contribution in [0.25, 0.3) is 0 Å². The maximum absolute atomic E-state index is 10.2. The van der Waals surface area contributed by atoms with Crippen LogP contribution in [0.15, 0.2) is 30.3 Å². The standard InChI is InChI=1S/C14H17NO2/c1-10-7-8-13(17-10)12(9-15)14(16)11-5-3-2-4-6-11/h2-6,10,12-14,16H,7-8H2,1H3/t10-,12-,13+,14-/m1/s1. The number of hydrogen-bond donors (Lipinski definition) is 1. The zero-order valence-corrected chi connectivity index (χ0v) is 9.91. The Morgan fingerprint density at radius 2 is 2.06 bits per heavy atom. The van der Waals surface area contributed by atoms with Gasteiger partial charge in [-0.2, -0.15) is 5.26 Å². The lowest BCUT2D eigenvalue weighted by atomic mass is 9.91. The van der Waals surface area contributed by atoms with Crippen LogP contribution in [0, 0.1) is 17.2 Å². The molecule has 0 radical (unpaired) electrons. The molecule has 17 heavy (non-hydrogen) atoms. The number of nitrogens with zero attached hydrogens (tertiary/aromatic N) is 1. The van der Waals surface area contributed by atoms with Gasteiger partial charge in [0.15, 0.2) is 0 Å². The van der Waals surface area contributed by atoms with E-state index in [4.69, 9.17) is 4.74 Å². The molecule has 2 rings (SSSR count). The molecule has 3 heteroatoms. The normalized spacial score (nSPS) is 27.4. The van der Waals surface area contributed by atoms with Crippen molar-refractivity contribution in [3.8, 4) is 6.07 Å². The second kappa shape index (κ2) is 5.31. The average molecular weight is 231 g/mol. The van der Waals surface area contributed by atoms with Crippen molar-refractivity contribution in [2.75, 3.05) is 0 Å². The largest absolute Gasteiger partial charge is 0.387 e. The summed E-state index contributed by atoms with van der Waals surface area (Å²) >= 11 is 0. The Bertz CT molecular complexity index is 398. The molecule has 3 nitrogen and oxygen atoms in total. The molecule has 1 aliphatic rings. The van der Waals surface area contributed by atoms with Crippen molar-refractivity contribution in [1.29, 1.82) is 5.26 Å². The predicted molar refractivity (Wildman–Crippen MR) is 64.1 cm³/mol. The van der Waals surface area contributed by atoms with Gasteiger partial charge in [0.1, 0.15) is 5.92 Å². The number of nitriles is 1. The lowest BCUT2D eigenvalue weighted by Crippen LogP contribution is -2.25. The fourth-order valence-electron chi connectivity index (χ4n) is 2.31. The summed E-state index contributed by atoms with van der Waals surface area (Å²) in [5, 5.41) is 19.4. The molecular formula is C14H17NO2. The van der Waals surface area contributed by atoms with Gasteiger partial charge in [-0.05, 0) is 25.3 Å². The van der Waals surface area contributed by atoms with Crippen molar-refractivity contribution in [2.24, 2.45) is 5.92 Å². The van der Waals surface area contributed by atoms with Gasteiger partial charge in [0.25, 0.3) is 0 Å². The number of ether oxygens (including phenoxy) is 1. The Morgan fingerprint density at radius 3 is 2.59 bits per heavy atom.